The Morgan fingerprint density at radius 3 is 2.12 bits per heavy atom. The van der Waals surface area contributed by atoms with Crippen LogP contribution in [0.25, 0.3) is 0 Å². The number of methoxy groups -OCH3 is 1. The second kappa shape index (κ2) is 10.0. The molecule has 2 N–H and O–H groups in total. The average Bonchev–Trinajstić information content (AvgIpc) is 2.40. The zero-order valence-corrected chi connectivity index (χ0v) is 16.0. The zero-order valence-electron chi connectivity index (χ0n) is 13.8. The van der Waals surface area contributed by atoms with Gasteiger partial charge in [-0.1, -0.05) is 34.8 Å². The van der Waals surface area contributed by atoms with Crippen molar-refractivity contribution >= 4 is 53.0 Å². The predicted octanol–water partition coefficient (Wildman–Crippen LogP) is 2.54. The van der Waals surface area contributed by atoms with Gasteiger partial charge in [0.2, 0.25) is 3.79 Å². The van der Waals surface area contributed by atoms with Crippen molar-refractivity contribution in [1.82, 2.24) is 10.6 Å². The van der Waals surface area contributed by atoms with Gasteiger partial charge in [-0.2, -0.15) is 0 Å². The normalized spacial score (nSPS) is 12.8. The zero-order chi connectivity index (χ0) is 19.0. The maximum absolute atomic E-state index is 11.6. The molecule has 0 unspecified atom stereocenters. The number of alkyl halides is 3. The molecule has 0 aromatic heterocycles. The van der Waals surface area contributed by atoms with Crippen LogP contribution in [0.1, 0.15) is 27.2 Å². The maximum atomic E-state index is 11.6. The molecule has 0 saturated heterocycles. The Kier molecular flexibility index (Phi) is 9.54. The summed E-state index contributed by atoms with van der Waals surface area (Å²) in [7, 11) is 1.16. The number of alkyl carbamates (subject to hydrolysis) is 2. The number of halogens is 3. The predicted molar refractivity (Wildman–Crippen MR) is 89.4 cm³/mol. The van der Waals surface area contributed by atoms with Crippen molar-refractivity contribution in [2.45, 2.75) is 42.6 Å². The molecule has 0 aromatic carbocycles. The quantitative estimate of drug-likeness (QED) is 0.398. The van der Waals surface area contributed by atoms with Crippen molar-refractivity contribution < 1.29 is 28.6 Å². The van der Waals surface area contributed by atoms with Gasteiger partial charge >= 0.3 is 18.2 Å². The summed E-state index contributed by atoms with van der Waals surface area (Å²) in [5.74, 6) is -0.716. The third kappa shape index (κ3) is 12.3. The van der Waals surface area contributed by atoms with E-state index in [4.69, 9.17) is 39.5 Å². The molecule has 140 valence electrons. The van der Waals surface area contributed by atoms with Crippen molar-refractivity contribution in [3.63, 3.8) is 0 Å². The van der Waals surface area contributed by atoms with Crippen molar-refractivity contribution in [3.8, 4) is 0 Å². The highest BCUT2D eigenvalue weighted by atomic mass is 35.6. The van der Waals surface area contributed by atoms with E-state index in [-0.39, 0.29) is 13.0 Å². The van der Waals surface area contributed by atoms with Gasteiger partial charge in [-0.05, 0) is 27.2 Å². The number of rotatable bonds is 6. The highest BCUT2D eigenvalue weighted by Gasteiger charge is 2.26. The molecule has 0 aliphatic heterocycles. The average molecular weight is 408 g/mol. The first-order valence-electron chi connectivity index (χ1n) is 6.89. The third-order valence-electron chi connectivity index (χ3n) is 2.25. The maximum Gasteiger partial charge on any atom is 0.407 e. The fourth-order valence-electron chi connectivity index (χ4n) is 1.36. The fourth-order valence-corrected chi connectivity index (χ4v) is 1.52. The van der Waals surface area contributed by atoms with Crippen molar-refractivity contribution in [3.05, 3.63) is 0 Å². The molecule has 0 rings (SSSR count). The van der Waals surface area contributed by atoms with Gasteiger partial charge in [-0.25, -0.2) is 14.4 Å². The fraction of sp³-hybridized carbons (Fsp3) is 0.769. The van der Waals surface area contributed by atoms with E-state index in [0.29, 0.717) is 0 Å². The Labute approximate surface area is 155 Å². The van der Waals surface area contributed by atoms with Crippen LogP contribution in [0, 0.1) is 0 Å². The van der Waals surface area contributed by atoms with E-state index >= 15 is 0 Å². The Morgan fingerprint density at radius 2 is 1.67 bits per heavy atom. The molecule has 0 bridgehead atoms. The van der Waals surface area contributed by atoms with E-state index in [2.05, 4.69) is 20.1 Å². The van der Waals surface area contributed by atoms with E-state index in [9.17, 15) is 14.4 Å². The molecule has 2 amide bonds. The topological polar surface area (TPSA) is 103 Å². The van der Waals surface area contributed by atoms with E-state index in [1.165, 1.54) is 0 Å². The largest absolute Gasteiger partial charge is 0.467 e. The number of amides is 2. The summed E-state index contributed by atoms with van der Waals surface area (Å²) in [6, 6.07) is -1.05. The molecule has 11 heteroatoms. The second-order valence-electron chi connectivity index (χ2n) is 5.63. The first-order chi connectivity index (χ1) is 10.8. The Bertz CT molecular complexity index is 448. The minimum atomic E-state index is -1.77. The molecule has 0 spiro atoms. The summed E-state index contributed by atoms with van der Waals surface area (Å²) in [6.07, 6.45) is -1.56. The van der Waals surface area contributed by atoms with Crippen molar-refractivity contribution in [2.24, 2.45) is 0 Å². The minimum Gasteiger partial charge on any atom is -0.467 e. The van der Waals surface area contributed by atoms with Gasteiger partial charge in [0.1, 0.15) is 18.2 Å². The Morgan fingerprint density at radius 1 is 1.08 bits per heavy atom. The molecular formula is C13H21Cl3N2O6. The number of nitrogens with one attached hydrogen (secondary N) is 2. The van der Waals surface area contributed by atoms with Gasteiger partial charge < -0.3 is 24.8 Å². The molecule has 0 heterocycles. The summed E-state index contributed by atoms with van der Waals surface area (Å²) >= 11 is 16.3. The molecule has 0 aliphatic rings. The van der Waals surface area contributed by atoms with Crippen LogP contribution < -0.4 is 10.6 Å². The highest BCUT2D eigenvalue weighted by molar-refractivity contribution is 6.67. The van der Waals surface area contributed by atoms with Crippen LogP contribution in [0.5, 0.6) is 0 Å². The molecule has 0 saturated carbocycles. The highest BCUT2D eigenvalue weighted by Crippen LogP contribution is 2.25. The third-order valence-corrected chi connectivity index (χ3v) is 2.57. The lowest BCUT2D eigenvalue weighted by Gasteiger charge is -2.21. The number of esters is 1. The first-order valence-corrected chi connectivity index (χ1v) is 8.02. The van der Waals surface area contributed by atoms with Crippen LogP contribution in [0.3, 0.4) is 0 Å². The lowest BCUT2D eigenvalue weighted by molar-refractivity contribution is -0.143. The van der Waals surface area contributed by atoms with Crippen LogP contribution in [0.4, 0.5) is 9.59 Å². The van der Waals surface area contributed by atoms with E-state index in [1.54, 1.807) is 20.8 Å². The first kappa shape index (κ1) is 22.9. The number of carbonyl (C=O) groups excluding carboxylic acids is 3. The van der Waals surface area contributed by atoms with E-state index < -0.39 is 40.2 Å². The summed E-state index contributed by atoms with van der Waals surface area (Å²) in [4.78, 5) is 34.7. The van der Waals surface area contributed by atoms with Gasteiger partial charge in [0.05, 0.1) is 7.11 Å². The molecule has 1 atom stereocenters. The SMILES string of the molecule is COC(=O)[C@H](CCNC(=O)OC(C)(C)C)NC(=O)OCC(Cl)(Cl)Cl. The lowest BCUT2D eigenvalue weighted by Crippen LogP contribution is -2.44. The van der Waals surface area contributed by atoms with E-state index in [0.717, 1.165) is 7.11 Å². The van der Waals surface area contributed by atoms with Crippen LogP contribution in [0.15, 0.2) is 0 Å². The second-order valence-corrected chi connectivity index (χ2v) is 8.14. The number of ether oxygens (including phenoxy) is 3. The summed E-state index contributed by atoms with van der Waals surface area (Å²) in [6.45, 7) is 4.71. The van der Waals surface area contributed by atoms with E-state index in [1.807, 2.05) is 0 Å². The molecule has 0 fully saturated rings. The number of carbonyl (C=O) groups is 3. The van der Waals surface area contributed by atoms with Gasteiger partial charge in [0.25, 0.3) is 0 Å². The summed E-state index contributed by atoms with van der Waals surface area (Å²) in [5.41, 5.74) is -0.648. The Balaban J connectivity index is 4.40. The molecular weight excluding hydrogens is 387 g/mol. The minimum absolute atomic E-state index is 0.0504. The molecule has 24 heavy (non-hydrogen) atoms. The molecule has 0 aromatic rings. The standard InChI is InChI=1S/C13H21Cl3N2O6/c1-12(2,3)24-10(20)17-6-5-8(9(19)22-4)18-11(21)23-7-13(14,15)16/h8H,5-7H2,1-4H3,(H,17,20)(H,18,21)/t8-/m0/s1. The van der Waals surface area contributed by atoms with Gasteiger partial charge in [-0.3, -0.25) is 0 Å². The van der Waals surface area contributed by atoms with Gasteiger partial charge in [-0.15, -0.1) is 0 Å². The monoisotopic (exact) mass is 406 g/mol. The van der Waals surface area contributed by atoms with Crippen molar-refractivity contribution in [2.75, 3.05) is 20.3 Å². The van der Waals surface area contributed by atoms with Crippen LogP contribution in [0.2, 0.25) is 0 Å². The number of hydrogen-bond donors (Lipinski definition) is 2. The number of hydrogen-bond acceptors (Lipinski definition) is 6. The van der Waals surface area contributed by atoms with Gasteiger partial charge in [0, 0.05) is 6.54 Å². The van der Waals surface area contributed by atoms with Gasteiger partial charge in [0.15, 0.2) is 0 Å². The summed E-state index contributed by atoms with van der Waals surface area (Å²) in [5, 5.41) is 4.71. The smallest absolute Gasteiger partial charge is 0.407 e. The molecule has 8 nitrogen and oxygen atoms in total. The van der Waals surface area contributed by atoms with Crippen LogP contribution in [-0.2, 0) is 19.0 Å². The molecule has 0 radical (unpaired) electrons. The lowest BCUT2D eigenvalue weighted by atomic mass is 10.2. The van der Waals surface area contributed by atoms with Crippen LogP contribution >= 0.6 is 34.8 Å². The molecule has 0 aliphatic carbocycles. The van der Waals surface area contributed by atoms with Crippen molar-refractivity contribution in [1.29, 1.82) is 0 Å². The van der Waals surface area contributed by atoms with Crippen LogP contribution in [-0.4, -0.2) is 53.9 Å². The summed E-state index contributed by atoms with van der Waals surface area (Å²) < 4.78 is 12.5. The Hall–Kier alpha value is -1.12.